The first-order chi connectivity index (χ1) is 8.49. The number of nitrogen functional groups attached to an aromatic ring is 1. The van der Waals surface area contributed by atoms with E-state index in [1.54, 1.807) is 25.1 Å². The molecule has 0 radical (unpaired) electrons. The predicted octanol–water partition coefficient (Wildman–Crippen LogP) is 1.34. The largest absolute Gasteiger partial charge is 0.399 e. The maximum Gasteiger partial charge on any atom is 0.185 e. The predicted molar refractivity (Wildman–Crippen MR) is 68.5 cm³/mol. The van der Waals surface area contributed by atoms with Crippen molar-refractivity contribution in [3.8, 4) is 0 Å². The number of anilines is 1. The summed E-state index contributed by atoms with van der Waals surface area (Å²) in [5.74, 6) is 0.0731. The van der Waals surface area contributed by atoms with Crippen LogP contribution in [-0.4, -0.2) is 18.4 Å². The van der Waals surface area contributed by atoms with Crippen molar-refractivity contribution in [3.63, 3.8) is 0 Å². The van der Waals surface area contributed by atoms with Gasteiger partial charge in [0.2, 0.25) is 0 Å². The number of sulfone groups is 1. The third kappa shape index (κ3) is 2.65. The summed E-state index contributed by atoms with van der Waals surface area (Å²) in [6.45, 7) is 1.77. The standard InChI is InChI=1S/C12H13N3O2S/c1-9-7-10(3-4-11(9)13)18(16,17)8-12-14-5-2-6-15-12/h2-7H,8,13H2,1H3. The van der Waals surface area contributed by atoms with Gasteiger partial charge in [0.05, 0.1) is 4.90 Å². The van der Waals surface area contributed by atoms with Gasteiger partial charge in [0.25, 0.3) is 0 Å². The van der Waals surface area contributed by atoms with Gasteiger partial charge in [-0.1, -0.05) is 0 Å². The molecule has 2 rings (SSSR count). The Labute approximate surface area is 106 Å². The van der Waals surface area contributed by atoms with Crippen molar-refractivity contribution >= 4 is 15.5 Å². The van der Waals surface area contributed by atoms with Gasteiger partial charge in [-0.25, -0.2) is 18.4 Å². The summed E-state index contributed by atoms with van der Waals surface area (Å²) in [7, 11) is -3.43. The molecule has 0 aliphatic carbocycles. The zero-order chi connectivity index (χ0) is 13.2. The molecule has 0 saturated heterocycles. The van der Waals surface area contributed by atoms with E-state index in [4.69, 9.17) is 5.73 Å². The van der Waals surface area contributed by atoms with Crippen molar-refractivity contribution in [2.45, 2.75) is 17.6 Å². The van der Waals surface area contributed by atoms with Crippen LogP contribution < -0.4 is 5.73 Å². The first kappa shape index (κ1) is 12.5. The maximum absolute atomic E-state index is 12.1. The Hall–Kier alpha value is -1.95. The van der Waals surface area contributed by atoms with E-state index < -0.39 is 9.84 Å². The van der Waals surface area contributed by atoms with E-state index in [1.807, 2.05) is 0 Å². The average Bonchev–Trinajstić information content (AvgIpc) is 2.33. The molecule has 18 heavy (non-hydrogen) atoms. The Kier molecular flexibility index (Phi) is 3.29. The summed E-state index contributed by atoms with van der Waals surface area (Å²) in [5.41, 5.74) is 6.98. The van der Waals surface area contributed by atoms with Crippen LogP contribution in [0.5, 0.6) is 0 Å². The second kappa shape index (κ2) is 4.73. The van der Waals surface area contributed by atoms with Crippen molar-refractivity contribution in [1.29, 1.82) is 0 Å². The van der Waals surface area contributed by atoms with Gasteiger partial charge in [-0.05, 0) is 36.8 Å². The van der Waals surface area contributed by atoms with Crippen molar-refractivity contribution in [1.82, 2.24) is 9.97 Å². The second-order valence-corrected chi connectivity index (χ2v) is 5.93. The molecule has 0 saturated carbocycles. The highest BCUT2D eigenvalue weighted by Gasteiger charge is 2.17. The SMILES string of the molecule is Cc1cc(S(=O)(=O)Cc2ncccn2)ccc1N. The fourth-order valence-electron chi connectivity index (χ4n) is 1.50. The van der Waals surface area contributed by atoms with Crippen molar-refractivity contribution < 1.29 is 8.42 Å². The van der Waals surface area contributed by atoms with Crippen LogP contribution in [0.2, 0.25) is 0 Å². The van der Waals surface area contributed by atoms with E-state index in [9.17, 15) is 8.42 Å². The zero-order valence-corrected chi connectivity index (χ0v) is 10.7. The molecule has 94 valence electrons. The minimum absolute atomic E-state index is 0.211. The smallest absolute Gasteiger partial charge is 0.185 e. The third-order valence-corrected chi connectivity index (χ3v) is 4.15. The number of aromatic nitrogens is 2. The van der Waals surface area contributed by atoms with Gasteiger partial charge in [0.15, 0.2) is 9.84 Å². The van der Waals surface area contributed by atoms with E-state index in [0.717, 1.165) is 5.56 Å². The number of benzene rings is 1. The van der Waals surface area contributed by atoms with Crippen LogP contribution in [0.4, 0.5) is 5.69 Å². The number of aryl methyl sites for hydroxylation is 1. The molecule has 5 nitrogen and oxygen atoms in total. The molecule has 0 spiro atoms. The van der Waals surface area contributed by atoms with E-state index in [1.165, 1.54) is 18.5 Å². The van der Waals surface area contributed by atoms with Gasteiger partial charge in [-0.2, -0.15) is 0 Å². The number of nitrogens with two attached hydrogens (primary N) is 1. The Morgan fingerprint density at radius 1 is 1.22 bits per heavy atom. The first-order valence-electron chi connectivity index (χ1n) is 5.34. The molecule has 1 aromatic heterocycles. The summed E-state index contributed by atoms with van der Waals surface area (Å²) >= 11 is 0. The molecule has 0 fully saturated rings. The van der Waals surface area contributed by atoms with Gasteiger partial charge in [-0.3, -0.25) is 0 Å². The summed E-state index contributed by atoms with van der Waals surface area (Å²) in [4.78, 5) is 8.07. The summed E-state index contributed by atoms with van der Waals surface area (Å²) < 4.78 is 24.3. The molecule has 0 unspecified atom stereocenters. The lowest BCUT2D eigenvalue weighted by Crippen LogP contribution is -2.08. The van der Waals surface area contributed by atoms with E-state index in [0.29, 0.717) is 5.69 Å². The van der Waals surface area contributed by atoms with Crippen molar-refractivity contribution in [2.75, 3.05) is 5.73 Å². The Morgan fingerprint density at radius 3 is 2.50 bits per heavy atom. The Balaban J connectivity index is 2.34. The fourth-order valence-corrected chi connectivity index (χ4v) is 2.79. The van der Waals surface area contributed by atoms with Gasteiger partial charge < -0.3 is 5.73 Å². The van der Waals surface area contributed by atoms with Crippen LogP contribution in [0.1, 0.15) is 11.4 Å². The number of hydrogen-bond donors (Lipinski definition) is 1. The lowest BCUT2D eigenvalue weighted by Gasteiger charge is -2.06. The Bertz CT molecular complexity index is 654. The first-order valence-corrected chi connectivity index (χ1v) is 6.99. The molecule has 0 amide bonds. The Morgan fingerprint density at radius 2 is 1.89 bits per heavy atom. The highest BCUT2D eigenvalue weighted by atomic mass is 32.2. The third-order valence-electron chi connectivity index (χ3n) is 2.54. The maximum atomic E-state index is 12.1. The minimum atomic E-state index is -3.43. The van der Waals surface area contributed by atoms with E-state index in [-0.39, 0.29) is 16.5 Å². The molecule has 2 N–H and O–H groups in total. The van der Waals surface area contributed by atoms with Crippen LogP contribution in [0.25, 0.3) is 0 Å². The normalized spacial score (nSPS) is 11.4. The lowest BCUT2D eigenvalue weighted by atomic mass is 10.2. The number of hydrogen-bond acceptors (Lipinski definition) is 5. The molecular weight excluding hydrogens is 250 g/mol. The van der Waals surface area contributed by atoms with Crippen LogP contribution in [0, 0.1) is 6.92 Å². The number of nitrogens with zero attached hydrogens (tertiary/aromatic N) is 2. The van der Waals surface area contributed by atoms with Crippen LogP contribution >= 0.6 is 0 Å². The molecule has 1 heterocycles. The highest BCUT2D eigenvalue weighted by Crippen LogP contribution is 2.19. The van der Waals surface area contributed by atoms with Crippen LogP contribution in [0.15, 0.2) is 41.6 Å². The molecule has 1 aromatic carbocycles. The van der Waals surface area contributed by atoms with Gasteiger partial charge in [0, 0.05) is 18.1 Å². The summed E-state index contributed by atoms with van der Waals surface area (Å²) in [6, 6.07) is 6.30. The molecule has 0 aliphatic rings. The molecule has 2 aromatic rings. The summed E-state index contributed by atoms with van der Waals surface area (Å²) in [5, 5.41) is 0. The molecule has 0 aliphatic heterocycles. The van der Waals surface area contributed by atoms with Gasteiger partial charge >= 0.3 is 0 Å². The lowest BCUT2D eigenvalue weighted by molar-refractivity contribution is 0.593. The van der Waals surface area contributed by atoms with E-state index in [2.05, 4.69) is 9.97 Å². The summed E-state index contributed by atoms with van der Waals surface area (Å²) in [6.07, 6.45) is 3.04. The highest BCUT2D eigenvalue weighted by molar-refractivity contribution is 7.90. The quantitative estimate of drug-likeness (QED) is 0.844. The molecule has 0 bridgehead atoms. The van der Waals surface area contributed by atoms with Crippen LogP contribution in [0.3, 0.4) is 0 Å². The van der Waals surface area contributed by atoms with Crippen LogP contribution in [-0.2, 0) is 15.6 Å². The van der Waals surface area contributed by atoms with E-state index >= 15 is 0 Å². The van der Waals surface area contributed by atoms with Gasteiger partial charge in [-0.15, -0.1) is 0 Å². The average molecular weight is 263 g/mol. The zero-order valence-electron chi connectivity index (χ0n) is 9.87. The number of rotatable bonds is 3. The van der Waals surface area contributed by atoms with Crippen molar-refractivity contribution in [3.05, 3.63) is 48.0 Å². The second-order valence-electron chi connectivity index (χ2n) is 3.94. The fraction of sp³-hybridized carbons (Fsp3) is 0.167. The van der Waals surface area contributed by atoms with Crippen molar-refractivity contribution in [2.24, 2.45) is 0 Å². The molecule has 0 atom stereocenters. The molecular formula is C12H13N3O2S. The van der Waals surface area contributed by atoms with Gasteiger partial charge in [0.1, 0.15) is 11.6 Å². The minimum Gasteiger partial charge on any atom is -0.399 e. The topological polar surface area (TPSA) is 85.9 Å². The molecule has 6 heteroatoms. The monoisotopic (exact) mass is 263 g/mol.